The highest BCUT2D eigenvalue weighted by molar-refractivity contribution is 9.13. The van der Waals surface area contributed by atoms with E-state index in [9.17, 15) is 4.79 Å². The van der Waals surface area contributed by atoms with Crippen molar-refractivity contribution in [1.82, 2.24) is 0 Å². The Bertz CT molecular complexity index is 592. The molecule has 0 saturated heterocycles. The van der Waals surface area contributed by atoms with Crippen molar-refractivity contribution in [2.24, 2.45) is 5.73 Å². The molecule has 0 unspecified atom stereocenters. The molecule has 112 valence electrons. The van der Waals surface area contributed by atoms with Crippen LogP contribution in [0.2, 0.25) is 0 Å². The number of nitrogens with two attached hydrogens (primary N) is 1. The predicted molar refractivity (Wildman–Crippen MR) is 87.2 cm³/mol. The number of hydrogen-bond donors (Lipinski definition) is 2. The van der Waals surface area contributed by atoms with E-state index in [2.05, 4.69) is 37.2 Å². The van der Waals surface area contributed by atoms with Crippen molar-refractivity contribution < 1.29 is 13.9 Å². The second-order valence-corrected chi connectivity index (χ2v) is 5.85. The van der Waals surface area contributed by atoms with Crippen molar-refractivity contribution >= 4 is 43.5 Å². The largest absolute Gasteiger partial charge is 0.493 e. The molecule has 2 rings (SSSR count). The van der Waals surface area contributed by atoms with E-state index in [0.717, 1.165) is 15.9 Å². The topological polar surface area (TPSA) is 77.5 Å². The van der Waals surface area contributed by atoms with Gasteiger partial charge in [-0.15, -0.1) is 0 Å². The van der Waals surface area contributed by atoms with E-state index in [1.807, 2.05) is 30.3 Å². The SMILES string of the molecule is NC(=O)CCOc1ccc(NCc2cc(Br)c(Br)o2)cc1. The summed E-state index contributed by atoms with van der Waals surface area (Å²) in [6, 6.07) is 9.35. The average Bonchev–Trinajstić information content (AvgIpc) is 2.77. The highest BCUT2D eigenvalue weighted by Crippen LogP contribution is 2.27. The number of carbonyl (C=O) groups excluding carboxylic acids is 1. The van der Waals surface area contributed by atoms with Crippen molar-refractivity contribution in [3.63, 3.8) is 0 Å². The molecule has 3 N–H and O–H groups in total. The first-order valence-electron chi connectivity index (χ1n) is 6.23. The van der Waals surface area contributed by atoms with Gasteiger partial charge >= 0.3 is 0 Å². The monoisotopic (exact) mass is 416 g/mol. The van der Waals surface area contributed by atoms with Gasteiger partial charge in [0.1, 0.15) is 11.5 Å². The van der Waals surface area contributed by atoms with Crippen molar-refractivity contribution in [2.75, 3.05) is 11.9 Å². The van der Waals surface area contributed by atoms with Crippen LogP contribution in [0.5, 0.6) is 5.75 Å². The molecule has 0 bridgehead atoms. The smallest absolute Gasteiger partial charge is 0.220 e. The van der Waals surface area contributed by atoms with Gasteiger partial charge in [-0.05, 0) is 62.2 Å². The maximum absolute atomic E-state index is 10.6. The zero-order valence-corrected chi connectivity index (χ0v) is 14.2. The average molecular weight is 418 g/mol. The lowest BCUT2D eigenvalue weighted by Gasteiger charge is -2.07. The fourth-order valence-electron chi connectivity index (χ4n) is 1.61. The number of primary amides is 1. The molecular formula is C14H14Br2N2O3. The van der Waals surface area contributed by atoms with Crippen LogP contribution in [0, 0.1) is 0 Å². The van der Waals surface area contributed by atoms with E-state index in [1.54, 1.807) is 0 Å². The number of hydrogen-bond acceptors (Lipinski definition) is 4. The Morgan fingerprint density at radius 2 is 2.00 bits per heavy atom. The number of rotatable bonds is 7. The molecule has 0 aliphatic rings. The predicted octanol–water partition coefficient (Wildman–Crippen LogP) is 3.67. The summed E-state index contributed by atoms with van der Waals surface area (Å²) in [4.78, 5) is 10.6. The Labute approximate surface area is 139 Å². The van der Waals surface area contributed by atoms with Gasteiger partial charge in [0.25, 0.3) is 0 Å². The Morgan fingerprint density at radius 1 is 1.29 bits per heavy atom. The van der Waals surface area contributed by atoms with Crippen LogP contribution in [0.3, 0.4) is 0 Å². The molecule has 5 nitrogen and oxygen atoms in total. The van der Waals surface area contributed by atoms with Gasteiger partial charge in [-0.3, -0.25) is 4.79 Å². The van der Waals surface area contributed by atoms with Crippen LogP contribution in [-0.4, -0.2) is 12.5 Å². The second kappa shape index (κ2) is 7.51. The molecular weight excluding hydrogens is 404 g/mol. The fraction of sp³-hybridized carbons (Fsp3) is 0.214. The molecule has 1 amide bonds. The van der Waals surface area contributed by atoms with Crippen molar-refractivity contribution in [3.8, 4) is 5.75 Å². The molecule has 0 radical (unpaired) electrons. The van der Waals surface area contributed by atoms with Crippen LogP contribution in [0.25, 0.3) is 0 Å². The van der Waals surface area contributed by atoms with Crippen molar-refractivity contribution in [1.29, 1.82) is 0 Å². The summed E-state index contributed by atoms with van der Waals surface area (Å²) in [6.07, 6.45) is 0.211. The van der Waals surface area contributed by atoms with E-state index < -0.39 is 0 Å². The minimum absolute atomic E-state index is 0.211. The zero-order chi connectivity index (χ0) is 15.2. The molecule has 1 heterocycles. The lowest BCUT2D eigenvalue weighted by molar-refractivity contribution is -0.118. The third-order valence-corrected chi connectivity index (χ3v) is 4.34. The highest BCUT2D eigenvalue weighted by Gasteiger charge is 2.05. The number of amides is 1. The van der Waals surface area contributed by atoms with Crippen LogP contribution in [0.15, 0.2) is 43.9 Å². The molecule has 21 heavy (non-hydrogen) atoms. The van der Waals surface area contributed by atoms with Gasteiger partial charge in [-0.2, -0.15) is 0 Å². The first-order chi connectivity index (χ1) is 10.0. The Morgan fingerprint density at radius 3 is 2.57 bits per heavy atom. The Hall–Kier alpha value is -1.47. The Kier molecular flexibility index (Phi) is 5.69. The van der Waals surface area contributed by atoms with Crippen LogP contribution in [0.4, 0.5) is 5.69 Å². The number of halogens is 2. The van der Waals surface area contributed by atoms with Crippen LogP contribution >= 0.6 is 31.9 Å². The van der Waals surface area contributed by atoms with Gasteiger partial charge in [-0.25, -0.2) is 0 Å². The minimum Gasteiger partial charge on any atom is -0.493 e. The second-order valence-electron chi connectivity index (χ2n) is 4.28. The Balaban J connectivity index is 1.83. The molecule has 7 heteroatoms. The van der Waals surface area contributed by atoms with Crippen LogP contribution < -0.4 is 15.8 Å². The number of furan rings is 1. The number of ether oxygens (including phenoxy) is 1. The lowest BCUT2D eigenvalue weighted by atomic mass is 10.3. The quantitative estimate of drug-likeness (QED) is 0.720. The van der Waals surface area contributed by atoms with Gasteiger partial charge in [0.2, 0.25) is 5.91 Å². The molecule has 0 aliphatic heterocycles. The molecule has 0 saturated carbocycles. The van der Waals surface area contributed by atoms with Gasteiger partial charge < -0.3 is 20.2 Å². The third kappa shape index (κ3) is 5.09. The summed E-state index contributed by atoms with van der Waals surface area (Å²) in [6.45, 7) is 0.864. The number of carbonyl (C=O) groups is 1. The summed E-state index contributed by atoms with van der Waals surface area (Å²) in [7, 11) is 0. The minimum atomic E-state index is -0.371. The van der Waals surface area contributed by atoms with E-state index in [0.29, 0.717) is 17.0 Å². The molecule has 1 aromatic carbocycles. The van der Waals surface area contributed by atoms with Crippen molar-refractivity contribution in [2.45, 2.75) is 13.0 Å². The van der Waals surface area contributed by atoms with Gasteiger partial charge in [-0.1, -0.05) is 0 Å². The van der Waals surface area contributed by atoms with E-state index in [-0.39, 0.29) is 18.9 Å². The lowest BCUT2D eigenvalue weighted by Crippen LogP contribution is -2.14. The summed E-state index contributed by atoms with van der Waals surface area (Å²) < 4.78 is 12.4. The van der Waals surface area contributed by atoms with E-state index >= 15 is 0 Å². The van der Waals surface area contributed by atoms with Gasteiger partial charge in [0, 0.05) is 5.69 Å². The first-order valence-corrected chi connectivity index (χ1v) is 7.82. The molecule has 0 fully saturated rings. The van der Waals surface area contributed by atoms with Gasteiger partial charge in [0.15, 0.2) is 4.67 Å². The summed E-state index contributed by atoms with van der Waals surface area (Å²) >= 11 is 6.66. The molecule has 1 aromatic heterocycles. The summed E-state index contributed by atoms with van der Waals surface area (Å²) in [5.41, 5.74) is 5.99. The maximum atomic E-state index is 10.6. The third-order valence-electron chi connectivity index (χ3n) is 2.63. The highest BCUT2D eigenvalue weighted by atomic mass is 79.9. The summed E-state index contributed by atoms with van der Waals surface area (Å²) in [5.74, 6) is 1.14. The van der Waals surface area contributed by atoms with E-state index in [4.69, 9.17) is 14.9 Å². The normalized spacial score (nSPS) is 10.4. The number of nitrogens with one attached hydrogen (secondary N) is 1. The van der Waals surface area contributed by atoms with Crippen LogP contribution in [0.1, 0.15) is 12.2 Å². The first kappa shape index (κ1) is 15.9. The fourth-order valence-corrected chi connectivity index (χ4v) is 2.26. The molecule has 2 aromatic rings. The number of anilines is 1. The summed E-state index contributed by atoms with van der Waals surface area (Å²) in [5, 5.41) is 3.24. The molecule has 0 atom stereocenters. The molecule has 0 aliphatic carbocycles. The van der Waals surface area contributed by atoms with Gasteiger partial charge in [0.05, 0.1) is 24.0 Å². The maximum Gasteiger partial charge on any atom is 0.220 e. The van der Waals surface area contributed by atoms with Crippen LogP contribution in [-0.2, 0) is 11.3 Å². The standard InChI is InChI=1S/C14H14Br2N2O3/c15-12-7-11(21-14(12)16)8-18-9-1-3-10(4-2-9)20-6-5-13(17)19/h1-4,7,18H,5-6,8H2,(H2,17,19). The number of benzene rings is 1. The van der Waals surface area contributed by atoms with Crippen molar-refractivity contribution in [3.05, 3.63) is 45.2 Å². The molecule has 0 spiro atoms. The zero-order valence-electron chi connectivity index (χ0n) is 11.1. The van der Waals surface area contributed by atoms with E-state index in [1.165, 1.54) is 0 Å².